The molecule has 0 aromatic heterocycles. The van der Waals surface area contributed by atoms with E-state index in [9.17, 15) is 0 Å². The summed E-state index contributed by atoms with van der Waals surface area (Å²) in [6.45, 7) is 8.04. The summed E-state index contributed by atoms with van der Waals surface area (Å²) < 4.78 is 0. The summed E-state index contributed by atoms with van der Waals surface area (Å²) >= 11 is 0. The highest BCUT2D eigenvalue weighted by Crippen LogP contribution is 2.44. The second-order valence-corrected chi connectivity index (χ2v) is 9.59. The molecule has 3 rings (SSSR count). The standard InChI is InChI=1S/C23H37N/c1-22(2,3)20-12-10-18(11-13-20)19-8-7-9-21(16-19)23(17-24)14-5-4-6-15-23/h7-9,16,18,20H,4-6,10-15,17,24H2,1-3H3. The molecule has 0 atom stereocenters. The molecule has 0 amide bonds. The molecule has 1 nitrogen and oxygen atoms in total. The highest BCUT2D eigenvalue weighted by atomic mass is 14.6. The quantitative estimate of drug-likeness (QED) is 0.706. The van der Waals surface area contributed by atoms with Crippen molar-refractivity contribution in [3.63, 3.8) is 0 Å². The Labute approximate surface area is 149 Å². The minimum absolute atomic E-state index is 0.261. The Morgan fingerprint density at radius 3 is 2.25 bits per heavy atom. The molecule has 0 saturated heterocycles. The van der Waals surface area contributed by atoms with Crippen LogP contribution in [0.3, 0.4) is 0 Å². The molecule has 2 N–H and O–H groups in total. The Kier molecular flexibility index (Phi) is 5.39. The third kappa shape index (κ3) is 3.72. The first-order valence-electron chi connectivity index (χ1n) is 10.3. The van der Waals surface area contributed by atoms with E-state index in [-0.39, 0.29) is 5.41 Å². The second-order valence-electron chi connectivity index (χ2n) is 9.59. The molecule has 24 heavy (non-hydrogen) atoms. The van der Waals surface area contributed by atoms with E-state index >= 15 is 0 Å². The van der Waals surface area contributed by atoms with Crippen LogP contribution in [0.1, 0.15) is 95.6 Å². The van der Waals surface area contributed by atoms with Crippen molar-refractivity contribution in [3.05, 3.63) is 35.4 Å². The van der Waals surface area contributed by atoms with E-state index in [2.05, 4.69) is 45.0 Å². The normalized spacial score (nSPS) is 27.8. The highest BCUT2D eigenvalue weighted by molar-refractivity contribution is 5.33. The molecule has 2 fully saturated rings. The van der Waals surface area contributed by atoms with Crippen LogP contribution in [-0.2, 0) is 5.41 Å². The predicted molar refractivity (Wildman–Crippen MR) is 104 cm³/mol. The molecular weight excluding hydrogens is 290 g/mol. The van der Waals surface area contributed by atoms with Gasteiger partial charge in [-0.25, -0.2) is 0 Å². The summed E-state index contributed by atoms with van der Waals surface area (Å²) in [5, 5.41) is 0. The number of benzene rings is 1. The average Bonchev–Trinajstić information content (AvgIpc) is 2.62. The molecule has 0 heterocycles. The molecular formula is C23H37N. The van der Waals surface area contributed by atoms with Crippen molar-refractivity contribution in [2.75, 3.05) is 6.54 Å². The van der Waals surface area contributed by atoms with Crippen LogP contribution >= 0.6 is 0 Å². The Balaban J connectivity index is 1.74. The van der Waals surface area contributed by atoms with Crippen molar-refractivity contribution in [1.29, 1.82) is 0 Å². The summed E-state index contributed by atoms with van der Waals surface area (Å²) in [7, 11) is 0. The molecule has 0 aliphatic heterocycles. The van der Waals surface area contributed by atoms with Gasteiger partial charge in [0.2, 0.25) is 0 Å². The average molecular weight is 328 g/mol. The van der Waals surface area contributed by atoms with Crippen LogP contribution in [0, 0.1) is 11.3 Å². The van der Waals surface area contributed by atoms with Gasteiger partial charge < -0.3 is 5.73 Å². The van der Waals surface area contributed by atoms with Crippen molar-refractivity contribution in [3.8, 4) is 0 Å². The van der Waals surface area contributed by atoms with Crippen molar-refractivity contribution < 1.29 is 0 Å². The Morgan fingerprint density at radius 1 is 1.00 bits per heavy atom. The van der Waals surface area contributed by atoms with E-state index in [1.165, 1.54) is 63.4 Å². The van der Waals surface area contributed by atoms with E-state index < -0.39 is 0 Å². The van der Waals surface area contributed by atoms with Gasteiger partial charge in [-0.2, -0.15) is 0 Å². The third-order valence-electron chi connectivity index (χ3n) is 7.12. The Hall–Kier alpha value is -0.820. The van der Waals surface area contributed by atoms with Crippen molar-refractivity contribution in [1.82, 2.24) is 0 Å². The highest BCUT2D eigenvalue weighted by Gasteiger charge is 2.34. The van der Waals surface area contributed by atoms with Crippen LogP contribution in [0.2, 0.25) is 0 Å². The first-order chi connectivity index (χ1) is 11.4. The lowest BCUT2D eigenvalue weighted by atomic mass is 9.67. The summed E-state index contributed by atoms with van der Waals surface area (Å²) in [4.78, 5) is 0. The lowest BCUT2D eigenvalue weighted by Gasteiger charge is -2.39. The van der Waals surface area contributed by atoms with Crippen LogP contribution in [-0.4, -0.2) is 6.54 Å². The monoisotopic (exact) mass is 327 g/mol. The molecule has 1 aromatic carbocycles. The van der Waals surface area contributed by atoms with Gasteiger partial charge >= 0.3 is 0 Å². The first kappa shape index (κ1) is 18.0. The maximum atomic E-state index is 6.26. The van der Waals surface area contributed by atoms with Crippen LogP contribution in [0.5, 0.6) is 0 Å². The second kappa shape index (κ2) is 7.20. The third-order valence-corrected chi connectivity index (χ3v) is 7.12. The molecule has 0 unspecified atom stereocenters. The van der Waals surface area contributed by atoms with Gasteiger partial charge in [0.1, 0.15) is 0 Å². The van der Waals surface area contributed by atoms with E-state index in [4.69, 9.17) is 5.73 Å². The zero-order valence-electron chi connectivity index (χ0n) is 16.1. The van der Waals surface area contributed by atoms with Crippen LogP contribution in [0.25, 0.3) is 0 Å². The van der Waals surface area contributed by atoms with E-state index in [1.807, 2.05) is 0 Å². The summed E-state index contributed by atoms with van der Waals surface area (Å²) in [5.41, 5.74) is 10.1. The van der Waals surface area contributed by atoms with Gasteiger partial charge in [0.25, 0.3) is 0 Å². The van der Waals surface area contributed by atoms with E-state index in [0.717, 1.165) is 18.4 Å². The minimum Gasteiger partial charge on any atom is -0.330 e. The number of hydrogen-bond acceptors (Lipinski definition) is 1. The fourth-order valence-electron chi connectivity index (χ4n) is 5.25. The largest absolute Gasteiger partial charge is 0.330 e. The maximum absolute atomic E-state index is 6.26. The number of hydrogen-bond donors (Lipinski definition) is 1. The fourth-order valence-corrected chi connectivity index (χ4v) is 5.25. The number of nitrogens with two attached hydrogens (primary N) is 1. The lowest BCUT2D eigenvalue weighted by molar-refractivity contribution is 0.169. The molecule has 1 aromatic rings. The van der Waals surface area contributed by atoms with Crippen LogP contribution < -0.4 is 5.73 Å². The van der Waals surface area contributed by atoms with Crippen molar-refractivity contribution >= 4 is 0 Å². The molecule has 1 heteroatoms. The molecule has 2 aliphatic carbocycles. The first-order valence-corrected chi connectivity index (χ1v) is 10.3. The summed E-state index contributed by atoms with van der Waals surface area (Å²) in [6, 6.07) is 9.55. The molecule has 134 valence electrons. The maximum Gasteiger partial charge on any atom is 0.00756 e. The van der Waals surface area contributed by atoms with Gasteiger partial charge in [-0.05, 0) is 66.9 Å². The molecule has 0 spiro atoms. The molecule has 2 saturated carbocycles. The smallest absolute Gasteiger partial charge is 0.00756 e. The van der Waals surface area contributed by atoms with Gasteiger partial charge in [0.05, 0.1) is 0 Å². The van der Waals surface area contributed by atoms with Gasteiger partial charge in [-0.15, -0.1) is 0 Å². The van der Waals surface area contributed by atoms with Gasteiger partial charge in [0.15, 0.2) is 0 Å². The zero-order chi connectivity index (χ0) is 17.2. The van der Waals surface area contributed by atoms with E-state index in [1.54, 1.807) is 5.56 Å². The Bertz CT molecular complexity index is 525. The Morgan fingerprint density at radius 2 is 1.67 bits per heavy atom. The van der Waals surface area contributed by atoms with Crippen molar-refractivity contribution in [2.24, 2.45) is 17.1 Å². The van der Waals surface area contributed by atoms with Crippen molar-refractivity contribution in [2.45, 2.75) is 89.9 Å². The SMILES string of the molecule is CC(C)(C)C1CCC(c2cccc(C3(CN)CCCCC3)c2)CC1. The molecule has 0 bridgehead atoms. The molecule has 2 aliphatic rings. The van der Waals surface area contributed by atoms with Crippen LogP contribution in [0.15, 0.2) is 24.3 Å². The molecule has 0 radical (unpaired) electrons. The van der Waals surface area contributed by atoms with Gasteiger partial charge in [-0.1, -0.05) is 64.3 Å². The topological polar surface area (TPSA) is 26.0 Å². The fraction of sp³-hybridized carbons (Fsp3) is 0.739. The number of rotatable bonds is 3. The van der Waals surface area contributed by atoms with Gasteiger partial charge in [0, 0.05) is 12.0 Å². The summed E-state index contributed by atoms with van der Waals surface area (Å²) in [6.07, 6.45) is 12.1. The minimum atomic E-state index is 0.261. The zero-order valence-corrected chi connectivity index (χ0v) is 16.1. The van der Waals surface area contributed by atoms with Gasteiger partial charge in [-0.3, -0.25) is 0 Å². The summed E-state index contributed by atoms with van der Waals surface area (Å²) in [5.74, 6) is 1.66. The van der Waals surface area contributed by atoms with E-state index in [0.29, 0.717) is 5.41 Å². The van der Waals surface area contributed by atoms with Crippen LogP contribution in [0.4, 0.5) is 0 Å². The lowest BCUT2D eigenvalue weighted by Crippen LogP contribution is -2.37. The predicted octanol–water partition coefficient (Wildman–Crippen LogP) is 6.17.